The van der Waals surface area contributed by atoms with E-state index in [4.69, 9.17) is 12.2 Å². The fraction of sp³-hybridized carbons (Fsp3) is 0.538. The molecule has 1 aliphatic rings. The van der Waals surface area contributed by atoms with Crippen LogP contribution in [0.4, 0.5) is 0 Å². The molecule has 2 aromatic heterocycles. The maximum Gasteiger partial charge on any atom is 0.179 e. The number of aryl methyl sites for hydroxylation is 1. The molecule has 0 unspecified atom stereocenters. The molecular formula is C13H18N4S. The predicted molar refractivity (Wildman–Crippen MR) is 75.3 cm³/mol. The fourth-order valence-electron chi connectivity index (χ4n) is 2.58. The topological polar surface area (TPSA) is 36.9 Å². The number of H-pyrrole nitrogens is 1. The van der Waals surface area contributed by atoms with Gasteiger partial charge in [0.25, 0.3) is 0 Å². The highest BCUT2D eigenvalue weighted by Gasteiger charge is 2.12. The maximum absolute atomic E-state index is 5.39. The lowest BCUT2D eigenvalue weighted by Gasteiger charge is -2.14. The highest BCUT2D eigenvalue weighted by atomic mass is 32.1. The molecule has 0 spiro atoms. The van der Waals surface area contributed by atoms with Gasteiger partial charge in [-0.05, 0) is 57.2 Å². The third kappa shape index (κ3) is 2.20. The number of rotatable bonds is 3. The number of likely N-dealkylation sites (tertiary alicyclic amines) is 1. The number of hydrogen-bond acceptors (Lipinski definition) is 3. The molecule has 1 saturated heterocycles. The van der Waals surface area contributed by atoms with Gasteiger partial charge in [0.15, 0.2) is 10.4 Å². The van der Waals surface area contributed by atoms with Gasteiger partial charge in [0.05, 0.1) is 5.52 Å². The summed E-state index contributed by atoms with van der Waals surface area (Å²) in [5.41, 5.74) is 3.05. The van der Waals surface area contributed by atoms with Gasteiger partial charge in [-0.2, -0.15) is 0 Å². The van der Waals surface area contributed by atoms with Gasteiger partial charge in [-0.25, -0.2) is 4.98 Å². The van der Waals surface area contributed by atoms with Gasteiger partial charge in [0, 0.05) is 18.8 Å². The summed E-state index contributed by atoms with van der Waals surface area (Å²) in [5.74, 6) is 0. The van der Waals surface area contributed by atoms with Gasteiger partial charge >= 0.3 is 0 Å². The maximum atomic E-state index is 5.39. The van der Waals surface area contributed by atoms with E-state index in [1.807, 2.05) is 13.0 Å². The molecule has 0 atom stereocenters. The summed E-state index contributed by atoms with van der Waals surface area (Å²) in [7, 11) is 0. The predicted octanol–water partition coefficient (Wildman–Crippen LogP) is 2.50. The second-order valence-corrected chi connectivity index (χ2v) is 5.34. The molecule has 1 N–H and O–H groups in total. The van der Waals surface area contributed by atoms with Gasteiger partial charge in [-0.1, -0.05) is 0 Å². The monoisotopic (exact) mass is 262 g/mol. The first-order chi connectivity index (χ1) is 8.74. The van der Waals surface area contributed by atoms with Crippen LogP contribution in [0.1, 0.15) is 18.5 Å². The van der Waals surface area contributed by atoms with Crippen molar-refractivity contribution >= 4 is 23.4 Å². The van der Waals surface area contributed by atoms with Gasteiger partial charge in [0.2, 0.25) is 0 Å². The minimum Gasteiger partial charge on any atom is -0.329 e. The van der Waals surface area contributed by atoms with Crippen LogP contribution in [0.5, 0.6) is 0 Å². The Labute approximate surface area is 112 Å². The molecule has 1 aliphatic heterocycles. The second kappa shape index (κ2) is 4.82. The number of imidazole rings is 1. The Bertz CT molecular complexity index is 607. The molecule has 3 heterocycles. The Balaban J connectivity index is 1.87. The van der Waals surface area contributed by atoms with E-state index >= 15 is 0 Å². The molecule has 18 heavy (non-hydrogen) atoms. The van der Waals surface area contributed by atoms with Gasteiger partial charge < -0.3 is 14.5 Å². The van der Waals surface area contributed by atoms with Crippen LogP contribution in [0.25, 0.3) is 11.2 Å². The minimum absolute atomic E-state index is 0.780. The fourth-order valence-corrected chi connectivity index (χ4v) is 2.87. The summed E-state index contributed by atoms with van der Waals surface area (Å²) < 4.78 is 2.90. The van der Waals surface area contributed by atoms with Crippen LogP contribution in [0.2, 0.25) is 0 Å². The van der Waals surface area contributed by atoms with Crippen LogP contribution >= 0.6 is 12.2 Å². The van der Waals surface area contributed by atoms with E-state index in [0.29, 0.717) is 0 Å². The Kier molecular flexibility index (Phi) is 3.18. The number of nitrogens with one attached hydrogen (secondary N) is 1. The van der Waals surface area contributed by atoms with Gasteiger partial charge in [0.1, 0.15) is 0 Å². The number of nitrogens with zero attached hydrogens (tertiary/aromatic N) is 3. The highest BCUT2D eigenvalue weighted by molar-refractivity contribution is 7.71. The molecule has 0 amide bonds. The highest BCUT2D eigenvalue weighted by Crippen LogP contribution is 2.13. The van der Waals surface area contributed by atoms with E-state index in [1.165, 1.54) is 25.9 Å². The SMILES string of the molecule is Cc1ccc2[nH]c(=S)n(CCN3CCCC3)c2n1. The van der Waals surface area contributed by atoms with Crippen molar-refractivity contribution in [2.75, 3.05) is 19.6 Å². The van der Waals surface area contributed by atoms with Crippen molar-refractivity contribution in [1.82, 2.24) is 19.4 Å². The molecule has 0 aliphatic carbocycles. The van der Waals surface area contributed by atoms with Crippen LogP contribution in [0, 0.1) is 11.7 Å². The molecule has 0 aromatic carbocycles. The largest absolute Gasteiger partial charge is 0.329 e. The van der Waals surface area contributed by atoms with E-state index in [2.05, 4.69) is 25.5 Å². The molecule has 2 aromatic rings. The van der Waals surface area contributed by atoms with Crippen molar-refractivity contribution < 1.29 is 0 Å². The van der Waals surface area contributed by atoms with Crippen molar-refractivity contribution in [2.24, 2.45) is 0 Å². The lowest BCUT2D eigenvalue weighted by atomic mass is 10.3. The minimum atomic E-state index is 0.780. The Hall–Kier alpha value is -1.20. The molecule has 0 radical (unpaired) electrons. The summed E-state index contributed by atoms with van der Waals surface area (Å²) >= 11 is 5.39. The molecule has 96 valence electrons. The third-order valence-electron chi connectivity index (χ3n) is 3.60. The van der Waals surface area contributed by atoms with E-state index in [9.17, 15) is 0 Å². The van der Waals surface area contributed by atoms with Gasteiger partial charge in [-0.3, -0.25) is 0 Å². The first-order valence-corrected chi connectivity index (χ1v) is 6.93. The number of pyridine rings is 1. The van der Waals surface area contributed by atoms with Crippen LogP contribution < -0.4 is 0 Å². The lowest BCUT2D eigenvalue weighted by Crippen LogP contribution is -2.24. The van der Waals surface area contributed by atoms with Gasteiger partial charge in [-0.15, -0.1) is 0 Å². The molecule has 1 fully saturated rings. The van der Waals surface area contributed by atoms with Crippen molar-refractivity contribution in [1.29, 1.82) is 0 Å². The summed E-state index contributed by atoms with van der Waals surface area (Å²) in [6.45, 7) is 6.46. The Morgan fingerprint density at radius 2 is 2.06 bits per heavy atom. The molecule has 3 rings (SSSR count). The summed E-state index contributed by atoms with van der Waals surface area (Å²) in [5, 5.41) is 0. The number of hydrogen-bond donors (Lipinski definition) is 1. The standard InChI is InChI=1S/C13H18N4S/c1-10-4-5-11-12(14-10)17(13(18)15-11)9-8-16-6-2-3-7-16/h4-5H,2-3,6-9H2,1H3,(H,15,18). The summed E-state index contributed by atoms with van der Waals surface area (Å²) in [6, 6.07) is 4.07. The molecule has 5 heteroatoms. The zero-order chi connectivity index (χ0) is 12.5. The smallest absolute Gasteiger partial charge is 0.179 e. The molecule has 4 nitrogen and oxygen atoms in total. The zero-order valence-corrected chi connectivity index (χ0v) is 11.5. The number of fused-ring (bicyclic) bond motifs is 1. The van der Waals surface area contributed by atoms with E-state index in [-0.39, 0.29) is 0 Å². The van der Waals surface area contributed by atoms with Crippen molar-refractivity contribution in [3.8, 4) is 0 Å². The van der Waals surface area contributed by atoms with Crippen LogP contribution in [-0.2, 0) is 6.54 Å². The van der Waals surface area contributed by atoms with E-state index < -0.39 is 0 Å². The van der Waals surface area contributed by atoms with Crippen LogP contribution in [-0.4, -0.2) is 39.1 Å². The third-order valence-corrected chi connectivity index (χ3v) is 3.92. The second-order valence-electron chi connectivity index (χ2n) is 4.95. The van der Waals surface area contributed by atoms with Crippen molar-refractivity contribution in [3.63, 3.8) is 0 Å². The average molecular weight is 262 g/mol. The average Bonchev–Trinajstić information content (AvgIpc) is 2.94. The van der Waals surface area contributed by atoms with Crippen LogP contribution in [0.3, 0.4) is 0 Å². The van der Waals surface area contributed by atoms with E-state index in [1.54, 1.807) is 0 Å². The summed E-state index contributed by atoms with van der Waals surface area (Å²) in [4.78, 5) is 10.3. The quantitative estimate of drug-likeness (QED) is 0.864. The number of aromatic amines is 1. The number of aromatic nitrogens is 3. The van der Waals surface area contributed by atoms with E-state index in [0.717, 1.165) is 34.7 Å². The first-order valence-electron chi connectivity index (χ1n) is 6.52. The van der Waals surface area contributed by atoms with Crippen molar-refractivity contribution in [2.45, 2.75) is 26.3 Å². The van der Waals surface area contributed by atoms with Crippen LogP contribution in [0.15, 0.2) is 12.1 Å². The molecule has 0 saturated carbocycles. The zero-order valence-electron chi connectivity index (χ0n) is 10.6. The molecule has 0 bridgehead atoms. The normalized spacial score (nSPS) is 16.7. The Morgan fingerprint density at radius 1 is 1.28 bits per heavy atom. The lowest BCUT2D eigenvalue weighted by molar-refractivity contribution is 0.323. The van der Waals surface area contributed by atoms with Crippen molar-refractivity contribution in [3.05, 3.63) is 22.6 Å². The molecular weight excluding hydrogens is 244 g/mol. The summed E-state index contributed by atoms with van der Waals surface area (Å²) in [6.07, 6.45) is 2.66. The first kappa shape index (κ1) is 11.9. The Morgan fingerprint density at radius 3 is 2.83 bits per heavy atom.